The number of rotatable bonds is 41. The molecule has 0 bridgehead atoms. The molecule has 0 aliphatic carbocycles. The molecule has 5 heteroatoms. The lowest BCUT2D eigenvalue weighted by Crippen LogP contribution is -2.25. The van der Waals surface area contributed by atoms with Crippen LogP contribution in [0.3, 0.4) is 0 Å². The van der Waals surface area contributed by atoms with Crippen LogP contribution in [0.1, 0.15) is 245 Å². The summed E-state index contributed by atoms with van der Waals surface area (Å²) in [4.78, 5) is 24.0. The summed E-state index contributed by atoms with van der Waals surface area (Å²) >= 11 is 0. The second-order valence-corrected chi connectivity index (χ2v) is 15.2. The van der Waals surface area contributed by atoms with Crippen LogP contribution in [0.5, 0.6) is 0 Å². The lowest BCUT2D eigenvalue weighted by molar-refractivity contribution is -0.152. The monoisotopic (exact) mass is 707 g/mol. The molecule has 5 nitrogen and oxygen atoms in total. The average Bonchev–Trinajstić information content (AvgIpc) is 3.12. The van der Waals surface area contributed by atoms with Gasteiger partial charge in [-0.1, -0.05) is 206 Å². The minimum atomic E-state index is -0.961. The van der Waals surface area contributed by atoms with E-state index in [1.165, 1.54) is 180 Å². The molecule has 0 saturated carbocycles. The van der Waals surface area contributed by atoms with Crippen molar-refractivity contribution in [3.05, 3.63) is 12.2 Å². The van der Waals surface area contributed by atoms with Gasteiger partial charge >= 0.3 is 11.9 Å². The van der Waals surface area contributed by atoms with Crippen LogP contribution in [-0.2, 0) is 19.1 Å². The van der Waals surface area contributed by atoms with Crippen LogP contribution in [0.25, 0.3) is 0 Å². The van der Waals surface area contributed by atoms with E-state index in [9.17, 15) is 14.7 Å². The Balaban J connectivity index is 3.37. The molecular weight excluding hydrogens is 620 g/mol. The van der Waals surface area contributed by atoms with Crippen LogP contribution >= 0.6 is 0 Å². The van der Waals surface area contributed by atoms with Gasteiger partial charge < -0.3 is 14.6 Å². The molecule has 0 rings (SSSR count). The fraction of sp³-hybridized carbons (Fsp3) is 0.911. The topological polar surface area (TPSA) is 72.8 Å². The molecule has 0 aromatic rings. The van der Waals surface area contributed by atoms with E-state index in [-0.39, 0.29) is 25.2 Å². The van der Waals surface area contributed by atoms with Crippen molar-refractivity contribution >= 4 is 11.9 Å². The van der Waals surface area contributed by atoms with Gasteiger partial charge in [0.2, 0.25) is 0 Å². The number of allylic oxidation sites excluding steroid dienone is 2. The minimum Gasteiger partial charge on any atom is -0.463 e. The van der Waals surface area contributed by atoms with E-state index < -0.39 is 6.10 Å². The minimum absolute atomic E-state index is 0.112. The predicted octanol–water partition coefficient (Wildman–Crippen LogP) is 14.1. The van der Waals surface area contributed by atoms with Gasteiger partial charge in [-0.05, 0) is 38.5 Å². The first-order chi connectivity index (χ1) is 24.6. The van der Waals surface area contributed by atoms with E-state index in [1.807, 2.05) is 0 Å². The van der Waals surface area contributed by atoms with Crippen molar-refractivity contribution in [3.63, 3.8) is 0 Å². The Morgan fingerprint density at radius 3 is 0.920 bits per heavy atom. The van der Waals surface area contributed by atoms with Crippen molar-refractivity contribution in [2.45, 2.75) is 251 Å². The zero-order valence-electron chi connectivity index (χ0n) is 33.7. The molecule has 50 heavy (non-hydrogen) atoms. The van der Waals surface area contributed by atoms with E-state index in [4.69, 9.17) is 9.47 Å². The van der Waals surface area contributed by atoms with Crippen LogP contribution in [-0.4, -0.2) is 36.4 Å². The molecule has 0 radical (unpaired) electrons. The molecule has 0 aromatic heterocycles. The quantitative estimate of drug-likeness (QED) is 0.0389. The molecular formula is C45H86O5. The Hall–Kier alpha value is -1.36. The molecule has 0 unspecified atom stereocenters. The van der Waals surface area contributed by atoms with Gasteiger partial charge in [0.1, 0.15) is 19.3 Å². The van der Waals surface area contributed by atoms with Gasteiger partial charge in [0.15, 0.2) is 0 Å². The Morgan fingerprint density at radius 2 is 0.640 bits per heavy atom. The second kappa shape index (κ2) is 42.1. The molecule has 0 heterocycles. The number of carbonyl (C=O) groups is 2. The van der Waals surface area contributed by atoms with Gasteiger partial charge in [-0.25, -0.2) is 0 Å². The zero-order chi connectivity index (χ0) is 36.4. The van der Waals surface area contributed by atoms with E-state index >= 15 is 0 Å². The van der Waals surface area contributed by atoms with Crippen LogP contribution in [0.15, 0.2) is 12.2 Å². The van der Waals surface area contributed by atoms with Crippen LogP contribution in [0.4, 0.5) is 0 Å². The van der Waals surface area contributed by atoms with Gasteiger partial charge in [-0.2, -0.15) is 0 Å². The van der Waals surface area contributed by atoms with E-state index in [0.29, 0.717) is 12.8 Å². The van der Waals surface area contributed by atoms with Gasteiger partial charge in [-0.15, -0.1) is 0 Å². The highest BCUT2D eigenvalue weighted by molar-refractivity contribution is 5.69. The number of hydrogen-bond acceptors (Lipinski definition) is 5. The number of hydrogen-bond donors (Lipinski definition) is 1. The van der Waals surface area contributed by atoms with E-state index in [0.717, 1.165) is 38.5 Å². The highest BCUT2D eigenvalue weighted by Gasteiger charge is 2.12. The zero-order valence-corrected chi connectivity index (χ0v) is 33.7. The highest BCUT2D eigenvalue weighted by atomic mass is 16.6. The molecule has 0 spiro atoms. The summed E-state index contributed by atoms with van der Waals surface area (Å²) in [6.07, 6.45) is 48.5. The number of aliphatic hydroxyl groups is 1. The number of unbranched alkanes of at least 4 members (excludes halogenated alkanes) is 31. The summed E-state index contributed by atoms with van der Waals surface area (Å²) in [6.45, 7) is 4.32. The van der Waals surface area contributed by atoms with Gasteiger partial charge in [0, 0.05) is 12.8 Å². The molecule has 1 N–H and O–H groups in total. The van der Waals surface area contributed by atoms with Crippen molar-refractivity contribution in [2.75, 3.05) is 13.2 Å². The summed E-state index contributed by atoms with van der Waals surface area (Å²) in [5, 5.41) is 10.0. The van der Waals surface area contributed by atoms with Crippen molar-refractivity contribution in [1.82, 2.24) is 0 Å². The largest absolute Gasteiger partial charge is 0.463 e. The Kier molecular flexibility index (Phi) is 40.9. The fourth-order valence-corrected chi connectivity index (χ4v) is 6.61. The number of ether oxygens (including phenoxy) is 2. The predicted molar refractivity (Wildman–Crippen MR) is 215 cm³/mol. The second-order valence-electron chi connectivity index (χ2n) is 15.2. The van der Waals surface area contributed by atoms with Crippen LogP contribution in [0, 0.1) is 0 Å². The number of aliphatic hydroxyl groups excluding tert-OH is 1. The third kappa shape index (κ3) is 41.1. The molecule has 0 aromatic carbocycles. The maximum atomic E-state index is 12.0. The summed E-state index contributed by atoms with van der Waals surface area (Å²) in [6, 6.07) is 0. The van der Waals surface area contributed by atoms with Crippen LogP contribution < -0.4 is 0 Å². The smallest absolute Gasteiger partial charge is 0.305 e. The maximum absolute atomic E-state index is 12.0. The summed E-state index contributed by atoms with van der Waals surface area (Å²) in [5.74, 6) is -0.561. The van der Waals surface area contributed by atoms with Gasteiger partial charge in [-0.3, -0.25) is 9.59 Å². The molecule has 0 saturated heterocycles. The average molecular weight is 707 g/mol. The normalized spacial score (nSPS) is 12.1. The summed E-state index contributed by atoms with van der Waals surface area (Å²) in [5.41, 5.74) is 0. The lowest BCUT2D eigenvalue weighted by Gasteiger charge is -2.12. The summed E-state index contributed by atoms with van der Waals surface area (Å²) in [7, 11) is 0. The van der Waals surface area contributed by atoms with Gasteiger partial charge in [0.25, 0.3) is 0 Å². The fourth-order valence-electron chi connectivity index (χ4n) is 6.61. The molecule has 1 atom stereocenters. The first-order valence-electron chi connectivity index (χ1n) is 22.2. The lowest BCUT2D eigenvalue weighted by atomic mass is 10.0. The Morgan fingerprint density at radius 1 is 0.400 bits per heavy atom. The third-order valence-electron chi connectivity index (χ3n) is 10.0. The Bertz CT molecular complexity index is 720. The summed E-state index contributed by atoms with van der Waals surface area (Å²) < 4.78 is 10.4. The van der Waals surface area contributed by atoms with E-state index in [1.54, 1.807) is 0 Å². The SMILES string of the molecule is CCCCCCCC/C=C\CCCCCCCC(=O)OC[C@H](O)COC(=O)CCCCCCCCCCCCCCCCCCCCCCC. The highest BCUT2D eigenvalue weighted by Crippen LogP contribution is 2.16. The number of esters is 2. The third-order valence-corrected chi connectivity index (χ3v) is 10.0. The first kappa shape index (κ1) is 48.6. The van der Waals surface area contributed by atoms with E-state index in [2.05, 4.69) is 26.0 Å². The molecule has 0 aliphatic rings. The van der Waals surface area contributed by atoms with Crippen LogP contribution in [0.2, 0.25) is 0 Å². The maximum Gasteiger partial charge on any atom is 0.305 e. The number of carbonyl (C=O) groups excluding carboxylic acids is 2. The van der Waals surface area contributed by atoms with Crippen molar-refractivity contribution in [2.24, 2.45) is 0 Å². The standard InChI is InChI=1S/C45H86O5/c1-3-5-7-9-11-13-15-17-19-20-21-22-23-24-26-28-30-32-34-36-38-40-45(48)50-42-43(46)41-49-44(47)39-37-35-33-31-29-27-25-18-16-14-12-10-8-6-4-2/h18,25,43,46H,3-17,19-24,26-42H2,1-2H3/b25-18-/t43-/m0/s1. The molecule has 296 valence electrons. The molecule has 0 amide bonds. The molecule has 0 aliphatic heterocycles. The van der Waals surface area contributed by atoms with Gasteiger partial charge in [0.05, 0.1) is 0 Å². The van der Waals surface area contributed by atoms with Crippen molar-refractivity contribution < 1.29 is 24.2 Å². The first-order valence-corrected chi connectivity index (χ1v) is 22.2. The molecule has 0 fully saturated rings. The van der Waals surface area contributed by atoms with Crippen molar-refractivity contribution in [1.29, 1.82) is 0 Å². The Labute approximate surface area is 311 Å². The van der Waals surface area contributed by atoms with Crippen molar-refractivity contribution in [3.8, 4) is 0 Å².